The molecule has 2 atom stereocenters. The number of benzene rings is 2. The Morgan fingerprint density at radius 2 is 1.71 bits per heavy atom. The molecule has 0 aliphatic carbocycles. The lowest BCUT2D eigenvalue weighted by Crippen LogP contribution is -2.46. The third-order valence-corrected chi connectivity index (χ3v) is 5.09. The molecule has 2 unspecified atom stereocenters. The number of anilines is 2. The van der Waals surface area contributed by atoms with Crippen LogP contribution in [0.3, 0.4) is 0 Å². The summed E-state index contributed by atoms with van der Waals surface area (Å²) in [5.74, 6) is -0.0258. The number of carbonyl (C=O) groups excluding carboxylic acids is 1. The molecular formula is C23H31N3O2. The van der Waals surface area contributed by atoms with Gasteiger partial charge in [0.25, 0.3) is 5.91 Å². The van der Waals surface area contributed by atoms with E-state index >= 15 is 0 Å². The van der Waals surface area contributed by atoms with Crippen molar-refractivity contribution in [2.45, 2.75) is 32.5 Å². The van der Waals surface area contributed by atoms with Crippen LogP contribution in [-0.2, 0) is 4.74 Å². The average Bonchev–Trinajstić information content (AvgIpc) is 2.70. The fourth-order valence-electron chi connectivity index (χ4n) is 3.82. The monoisotopic (exact) mass is 381 g/mol. The Labute approximate surface area is 168 Å². The summed E-state index contributed by atoms with van der Waals surface area (Å²) in [5.41, 5.74) is 2.66. The summed E-state index contributed by atoms with van der Waals surface area (Å²) in [5, 5.41) is 3.08. The van der Waals surface area contributed by atoms with Crippen LogP contribution < -0.4 is 10.2 Å². The molecule has 0 radical (unpaired) electrons. The van der Waals surface area contributed by atoms with Crippen molar-refractivity contribution in [2.75, 3.05) is 38.1 Å². The highest BCUT2D eigenvalue weighted by atomic mass is 16.5. The van der Waals surface area contributed by atoms with Gasteiger partial charge in [-0.2, -0.15) is 0 Å². The van der Waals surface area contributed by atoms with Crippen molar-refractivity contribution < 1.29 is 9.53 Å². The summed E-state index contributed by atoms with van der Waals surface area (Å²) < 4.78 is 5.77. The van der Waals surface area contributed by atoms with Crippen LogP contribution in [0.2, 0.25) is 0 Å². The SMILES string of the molecule is CC1CN(CCCNC(=O)c2ccccc2N(C)c2ccccc2)CC(C)O1. The lowest BCUT2D eigenvalue weighted by molar-refractivity contribution is -0.0679. The first-order chi connectivity index (χ1) is 13.5. The second kappa shape index (κ2) is 9.71. The van der Waals surface area contributed by atoms with E-state index in [1.54, 1.807) is 0 Å². The second-order valence-corrected chi connectivity index (χ2v) is 7.54. The maximum Gasteiger partial charge on any atom is 0.253 e. The summed E-state index contributed by atoms with van der Waals surface area (Å²) in [6.07, 6.45) is 1.49. The Hall–Kier alpha value is -2.37. The quantitative estimate of drug-likeness (QED) is 0.743. The van der Waals surface area contributed by atoms with E-state index in [-0.39, 0.29) is 18.1 Å². The molecule has 5 heteroatoms. The number of ether oxygens (including phenoxy) is 1. The minimum Gasteiger partial charge on any atom is -0.373 e. The molecular weight excluding hydrogens is 350 g/mol. The van der Waals surface area contributed by atoms with Gasteiger partial charge in [-0.3, -0.25) is 9.69 Å². The highest BCUT2D eigenvalue weighted by molar-refractivity contribution is 6.00. The van der Waals surface area contributed by atoms with Crippen LogP contribution in [0, 0.1) is 0 Å². The predicted octanol–water partition coefficient (Wildman–Crippen LogP) is 3.68. The summed E-state index contributed by atoms with van der Waals surface area (Å²) in [6.45, 7) is 7.80. The lowest BCUT2D eigenvalue weighted by Gasteiger charge is -2.35. The largest absolute Gasteiger partial charge is 0.373 e. The van der Waals surface area contributed by atoms with Crippen LogP contribution in [0.25, 0.3) is 0 Å². The fourth-order valence-corrected chi connectivity index (χ4v) is 3.82. The van der Waals surface area contributed by atoms with Crippen LogP contribution in [0.4, 0.5) is 11.4 Å². The Bertz CT molecular complexity index is 755. The predicted molar refractivity (Wildman–Crippen MR) is 114 cm³/mol. The third kappa shape index (κ3) is 5.33. The molecule has 2 aromatic carbocycles. The zero-order chi connectivity index (χ0) is 19.9. The number of nitrogens with zero attached hydrogens (tertiary/aromatic N) is 2. The topological polar surface area (TPSA) is 44.8 Å². The molecule has 0 spiro atoms. The van der Waals surface area contributed by atoms with Gasteiger partial charge in [0.2, 0.25) is 0 Å². The average molecular weight is 382 g/mol. The van der Waals surface area contributed by atoms with Crippen molar-refractivity contribution >= 4 is 17.3 Å². The van der Waals surface area contributed by atoms with E-state index in [0.29, 0.717) is 12.1 Å². The molecule has 0 aromatic heterocycles. The normalized spacial score (nSPS) is 20.0. The molecule has 2 aromatic rings. The number of amides is 1. The molecule has 0 bridgehead atoms. The van der Waals surface area contributed by atoms with Crippen LogP contribution in [0.15, 0.2) is 54.6 Å². The van der Waals surface area contributed by atoms with Crippen LogP contribution in [-0.4, -0.2) is 56.2 Å². The highest BCUT2D eigenvalue weighted by Gasteiger charge is 2.21. The Morgan fingerprint density at radius 3 is 2.43 bits per heavy atom. The number of rotatable bonds is 7. The molecule has 1 aliphatic heterocycles. The molecule has 1 amide bonds. The minimum absolute atomic E-state index is 0.0258. The number of hydrogen-bond donors (Lipinski definition) is 1. The van der Waals surface area contributed by atoms with Gasteiger partial charge in [-0.05, 0) is 44.5 Å². The zero-order valence-electron chi connectivity index (χ0n) is 17.1. The Balaban J connectivity index is 1.55. The van der Waals surface area contributed by atoms with Gasteiger partial charge in [-0.15, -0.1) is 0 Å². The maximum atomic E-state index is 12.8. The second-order valence-electron chi connectivity index (χ2n) is 7.54. The lowest BCUT2D eigenvalue weighted by atomic mass is 10.1. The van der Waals surface area contributed by atoms with E-state index in [1.165, 1.54) is 0 Å². The van der Waals surface area contributed by atoms with Crippen LogP contribution in [0.1, 0.15) is 30.6 Å². The van der Waals surface area contributed by atoms with Crippen molar-refractivity contribution in [1.29, 1.82) is 0 Å². The van der Waals surface area contributed by atoms with Gasteiger partial charge in [0, 0.05) is 38.9 Å². The van der Waals surface area contributed by atoms with Gasteiger partial charge in [-0.1, -0.05) is 30.3 Å². The number of hydrogen-bond acceptors (Lipinski definition) is 4. The van der Waals surface area contributed by atoms with Crippen LogP contribution >= 0.6 is 0 Å². The third-order valence-electron chi connectivity index (χ3n) is 5.09. The van der Waals surface area contributed by atoms with Gasteiger partial charge in [0.05, 0.1) is 23.5 Å². The highest BCUT2D eigenvalue weighted by Crippen LogP contribution is 2.26. The number of nitrogens with one attached hydrogen (secondary N) is 1. The smallest absolute Gasteiger partial charge is 0.253 e. The summed E-state index contributed by atoms with van der Waals surface area (Å²) in [6, 6.07) is 17.8. The van der Waals surface area contributed by atoms with Gasteiger partial charge in [-0.25, -0.2) is 0 Å². The standard InChI is InChI=1S/C23H31N3O2/c1-18-16-26(17-19(2)28-18)15-9-14-24-23(27)21-12-7-8-13-22(21)25(3)20-10-5-4-6-11-20/h4-8,10-13,18-19H,9,14-17H2,1-3H3,(H,24,27). The summed E-state index contributed by atoms with van der Waals surface area (Å²) >= 11 is 0. The van der Waals surface area contributed by atoms with E-state index in [9.17, 15) is 4.79 Å². The van der Waals surface area contributed by atoms with E-state index < -0.39 is 0 Å². The van der Waals surface area contributed by atoms with E-state index in [4.69, 9.17) is 4.74 Å². The van der Waals surface area contributed by atoms with E-state index in [0.717, 1.165) is 37.4 Å². The number of carbonyl (C=O) groups is 1. The first-order valence-electron chi connectivity index (χ1n) is 10.1. The van der Waals surface area contributed by atoms with Gasteiger partial charge < -0.3 is 15.0 Å². The molecule has 3 rings (SSSR count). The maximum absolute atomic E-state index is 12.8. The zero-order valence-corrected chi connectivity index (χ0v) is 17.1. The Morgan fingerprint density at radius 1 is 1.07 bits per heavy atom. The first-order valence-corrected chi connectivity index (χ1v) is 10.1. The van der Waals surface area contributed by atoms with Crippen molar-refractivity contribution in [3.8, 4) is 0 Å². The molecule has 28 heavy (non-hydrogen) atoms. The molecule has 1 aliphatic rings. The molecule has 1 fully saturated rings. The van der Waals surface area contributed by atoms with Crippen molar-refractivity contribution in [1.82, 2.24) is 10.2 Å². The van der Waals surface area contributed by atoms with Gasteiger partial charge in [0.1, 0.15) is 0 Å². The van der Waals surface area contributed by atoms with E-state index in [2.05, 4.69) is 24.1 Å². The summed E-state index contributed by atoms with van der Waals surface area (Å²) in [4.78, 5) is 17.3. The van der Waals surface area contributed by atoms with Gasteiger partial charge >= 0.3 is 0 Å². The first kappa shape index (κ1) is 20.4. The minimum atomic E-state index is -0.0258. The molecule has 150 valence electrons. The van der Waals surface area contributed by atoms with Crippen molar-refractivity contribution in [3.05, 3.63) is 60.2 Å². The molecule has 1 N–H and O–H groups in total. The Kier molecular flexibility index (Phi) is 7.06. The van der Waals surface area contributed by atoms with E-state index in [1.807, 2.05) is 66.5 Å². The van der Waals surface area contributed by atoms with Crippen molar-refractivity contribution in [3.63, 3.8) is 0 Å². The number of para-hydroxylation sites is 2. The summed E-state index contributed by atoms with van der Waals surface area (Å²) in [7, 11) is 1.99. The molecule has 1 heterocycles. The molecule has 5 nitrogen and oxygen atoms in total. The van der Waals surface area contributed by atoms with Crippen molar-refractivity contribution in [2.24, 2.45) is 0 Å². The molecule has 0 saturated carbocycles. The fraction of sp³-hybridized carbons (Fsp3) is 0.435. The van der Waals surface area contributed by atoms with Gasteiger partial charge in [0.15, 0.2) is 0 Å². The number of morpholine rings is 1. The van der Waals surface area contributed by atoms with Crippen LogP contribution in [0.5, 0.6) is 0 Å². The molecule has 1 saturated heterocycles.